The topological polar surface area (TPSA) is 121 Å². The van der Waals surface area contributed by atoms with Crippen molar-refractivity contribution in [1.82, 2.24) is 0 Å². The smallest absolute Gasteiger partial charge is 0.126 e. The summed E-state index contributed by atoms with van der Waals surface area (Å²) in [4.78, 5) is 0. The van der Waals surface area contributed by atoms with Gasteiger partial charge in [0, 0.05) is 22.3 Å². The van der Waals surface area contributed by atoms with E-state index in [0.717, 1.165) is 33.4 Å². The molecule has 190 valence electrons. The molecule has 4 aromatic rings. The van der Waals surface area contributed by atoms with Crippen LogP contribution in [0.25, 0.3) is 11.1 Å². The monoisotopic (exact) mass is 498 g/mol. The molecule has 0 heterocycles. The van der Waals surface area contributed by atoms with Crippen LogP contribution in [0.5, 0.6) is 11.5 Å². The molecule has 5 rings (SSSR count). The van der Waals surface area contributed by atoms with Crippen LogP contribution in [0, 0.1) is 13.8 Å². The molecule has 0 atom stereocenters. The van der Waals surface area contributed by atoms with Gasteiger partial charge in [0.2, 0.25) is 0 Å². The summed E-state index contributed by atoms with van der Waals surface area (Å²) in [6.07, 6.45) is 0. The van der Waals surface area contributed by atoms with E-state index in [1.165, 1.54) is 0 Å². The van der Waals surface area contributed by atoms with Gasteiger partial charge in [-0.3, -0.25) is 0 Å². The molecule has 0 amide bonds. The van der Waals surface area contributed by atoms with E-state index < -0.39 is 31.8 Å². The quantitative estimate of drug-likeness (QED) is 0.210. The second-order valence-electron chi connectivity index (χ2n) is 9.54. The van der Waals surface area contributed by atoms with Gasteiger partial charge in [0.15, 0.2) is 0 Å². The summed E-state index contributed by atoms with van der Waals surface area (Å²) in [5, 5.41) is 62.4. The van der Waals surface area contributed by atoms with E-state index in [0.29, 0.717) is 22.3 Å². The minimum Gasteiger partial charge on any atom is -0.507 e. The van der Waals surface area contributed by atoms with E-state index in [1.807, 2.05) is 62.4 Å². The fourth-order valence-electron chi connectivity index (χ4n) is 6.14. The fraction of sp³-hybridized carbons (Fsp3) is 0.226. The second-order valence-corrected chi connectivity index (χ2v) is 9.54. The lowest BCUT2D eigenvalue weighted by atomic mass is 9.64. The van der Waals surface area contributed by atoms with Crippen LogP contribution in [0.15, 0.2) is 60.7 Å². The summed E-state index contributed by atoms with van der Waals surface area (Å²) >= 11 is 0. The predicted molar refractivity (Wildman–Crippen MR) is 140 cm³/mol. The Kier molecular flexibility index (Phi) is 6.30. The summed E-state index contributed by atoms with van der Waals surface area (Å²) in [5.74, 6) is -0.286. The largest absolute Gasteiger partial charge is 0.507 e. The third kappa shape index (κ3) is 3.34. The fourth-order valence-corrected chi connectivity index (χ4v) is 6.14. The molecule has 4 aromatic carbocycles. The summed E-state index contributed by atoms with van der Waals surface area (Å²) in [6, 6.07) is 19.5. The average Bonchev–Trinajstić information content (AvgIpc) is 3.21. The van der Waals surface area contributed by atoms with Crippen LogP contribution < -0.4 is 0 Å². The molecule has 1 aliphatic carbocycles. The zero-order valence-corrected chi connectivity index (χ0v) is 20.8. The molecule has 6 heteroatoms. The Morgan fingerprint density at radius 3 is 1.27 bits per heavy atom. The van der Waals surface area contributed by atoms with E-state index in [2.05, 4.69) is 0 Å². The van der Waals surface area contributed by atoms with Crippen LogP contribution in [0.4, 0.5) is 0 Å². The maximum Gasteiger partial charge on any atom is 0.126 e. The van der Waals surface area contributed by atoms with Gasteiger partial charge >= 0.3 is 0 Å². The van der Waals surface area contributed by atoms with Gasteiger partial charge in [0.1, 0.15) is 11.5 Å². The molecule has 0 saturated heterocycles. The van der Waals surface area contributed by atoms with Crippen molar-refractivity contribution in [2.75, 3.05) is 0 Å². The lowest BCUT2D eigenvalue weighted by Crippen LogP contribution is -2.32. The number of hydrogen-bond donors (Lipinski definition) is 6. The summed E-state index contributed by atoms with van der Waals surface area (Å²) in [5.41, 5.74) is 6.93. The molecule has 6 nitrogen and oxygen atoms in total. The number of aliphatic hydroxyl groups excluding tert-OH is 4. The third-order valence-corrected chi connectivity index (χ3v) is 7.95. The number of phenols is 2. The summed E-state index contributed by atoms with van der Waals surface area (Å²) < 4.78 is 0. The number of rotatable bonds is 6. The number of fused-ring (bicyclic) bond motifs is 3. The first-order valence-corrected chi connectivity index (χ1v) is 12.2. The molecule has 0 radical (unpaired) electrons. The zero-order valence-electron chi connectivity index (χ0n) is 20.8. The van der Waals surface area contributed by atoms with Gasteiger partial charge in [-0.2, -0.15) is 0 Å². The van der Waals surface area contributed by atoms with Gasteiger partial charge in [-0.1, -0.05) is 48.5 Å². The predicted octanol–water partition coefficient (Wildman–Crippen LogP) is 4.05. The highest BCUT2D eigenvalue weighted by molar-refractivity contribution is 5.87. The van der Waals surface area contributed by atoms with Crippen LogP contribution in [0.3, 0.4) is 0 Å². The molecule has 0 unspecified atom stereocenters. The maximum absolute atomic E-state index is 10.8. The highest BCUT2D eigenvalue weighted by Gasteiger charge is 2.48. The van der Waals surface area contributed by atoms with E-state index in [1.54, 1.807) is 12.1 Å². The Bertz CT molecular complexity index is 1410. The van der Waals surface area contributed by atoms with Crippen molar-refractivity contribution in [2.24, 2.45) is 0 Å². The lowest BCUT2D eigenvalue weighted by molar-refractivity contribution is 0.262. The lowest BCUT2D eigenvalue weighted by Gasteiger charge is -2.38. The van der Waals surface area contributed by atoms with Crippen LogP contribution in [0.1, 0.15) is 55.6 Å². The number of benzene rings is 4. The van der Waals surface area contributed by atoms with Crippen molar-refractivity contribution in [1.29, 1.82) is 0 Å². The van der Waals surface area contributed by atoms with Gasteiger partial charge in [-0.05, 0) is 70.5 Å². The first-order chi connectivity index (χ1) is 17.9. The third-order valence-electron chi connectivity index (χ3n) is 7.95. The molecule has 0 aliphatic heterocycles. The van der Waals surface area contributed by atoms with Crippen molar-refractivity contribution in [3.63, 3.8) is 0 Å². The number of aromatic hydroxyl groups is 2. The van der Waals surface area contributed by atoms with Crippen molar-refractivity contribution >= 4 is 0 Å². The Morgan fingerprint density at radius 2 is 0.919 bits per heavy atom. The number of aliphatic hydroxyl groups is 4. The van der Waals surface area contributed by atoms with E-state index in [4.69, 9.17) is 0 Å². The highest BCUT2D eigenvalue weighted by Crippen LogP contribution is 2.58. The molecular formula is C31H30O6. The minimum absolute atomic E-state index is 0.143. The number of hydrogen-bond acceptors (Lipinski definition) is 6. The van der Waals surface area contributed by atoms with Crippen molar-refractivity contribution in [3.05, 3.63) is 116 Å². The SMILES string of the molecule is Cc1c(C2(c3cc(CO)c(O)c(CO)c3C)c3ccccc3-c3ccccc32)cc(CO)c(O)c1CO. The molecule has 0 spiro atoms. The molecule has 0 bridgehead atoms. The first kappa shape index (κ1) is 25.0. The van der Waals surface area contributed by atoms with Gasteiger partial charge in [-0.25, -0.2) is 0 Å². The Morgan fingerprint density at radius 1 is 0.541 bits per heavy atom. The van der Waals surface area contributed by atoms with Crippen molar-refractivity contribution in [2.45, 2.75) is 45.7 Å². The maximum atomic E-state index is 10.8. The summed E-state index contributed by atoms with van der Waals surface area (Å²) in [6.45, 7) is 1.98. The summed E-state index contributed by atoms with van der Waals surface area (Å²) in [7, 11) is 0. The Labute approximate surface area is 215 Å². The van der Waals surface area contributed by atoms with Gasteiger partial charge in [0.25, 0.3) is 0 Å². The Hall–Kier alpha value is -3.68. The van der Waals surface area contributed by atoms with E-state index in [-0.39, 0.29) is 22.6 Å². The average molecular weight is 499 g/mol. The van der Waals surface area contributed by atoms with E-state index >= 15 is 0 Å². The molecular weight excluding hydrogens is 468 g/mol. The molecule has 0 saturated carbocycles. The van der Waals surface area contributed by atoms with Gasteiger partial charge in [0.05, 0.1) is 31.8 Å². The van der Waals surface area contributed by atoms with Crippen LogP contribution in [0.2, 0.25) is 0 Å². The van der Waals surface area contributed by atoms with E-state index in [9.17, 15) is 30.6 Å². The first-order valence-electron chi connectivity index (χ1n) is 12.2. The molecule has 0 aromatic heterocycles. The van der Waals surface area contributed by atoms with Crippen molar-refractivity contribution < 1.29 is 30.6 Å². The second kappa shape index (κ2) is 9.32. The van der Waals surface area contributed by atoms with Gasteiger partial charge in [-0.15, -0.1) is 0 Å². The Balaban J connectivity index is 2.07. The van der Waals surface area contributed by atoms with Gasteiger partial charge < -0.3 is 30.6 Å². The zero-order chi connectivity index (χ0) is 26.5. The van der Waals surface area contributed by atoms with Crippen LogP contribution in [-0.2, 0) is 31.8 Å². The van der Waals surface area contributed by atoms with Crippen LogP contribution in [-0.4, -0.2) is 30.6 Å². The van der Waals surface area contributed by atoms with Crippen LogP contribution >= 0.6 is 0 Å². The molecule has 37 heavy (non-hydrogen) atoms. The molecule has 6 N–H and O–H groups in total. The minimum atomic E-state index is -0.996. The molecule has 0 fully saturated rings. The van der Waals surface area contributed by atoms with Crippen molar-refractivity contribution in [3.8, 4) is 22.6 Å². The highest BCUT2D eigenvalue weighted by atomic mass is 16.3. The normalized spacial score (nSPS) is 13.5. The molecule has 1 aliphatic rings. The standard InChI is InChI=1S/C31H30O6/c1-17-23(15-34)29(36)19(13-32)11-27(17)31(28-12-20(14-33)30(37)24(16-35)18(28)2)25-9-5-3-7-21(25)22-8-4-6-10-26(22)31/h3-12,32-37H,13-16H2,1-2H3.